The molecule has 0 saturated carbocycles. The molecule has 7 nitrogen and oxygen atoms in total. The summed E-state index contributed by atoms with van der Waals surface area (Å²) in [6.07, 6.45) is 1.50. The van der Waals surface area contributed by atoms with Crippen molar-refractivity contribution in [2.45, 2.75) is 20.8 Å². The highest BCUT2D eigenvalue weighted by Gasteiger charge is 2.13. The third-order valence-corrected chi connectivity index (χ3v) is 4.74. The number of nitrogens with zero attached hydrogens (tertiary/aromatic N) is 1. The molecule has 2 N–H and O–H groups in total. The van der Waals surface area contributed by atoms with Crippen LogP contribution in [-0.4, -0.2) is 31.2 Å². The number of ether oxygens (including phenoxy) is 2. The maximum atomic E-state index is 12.4. The number of nitrogens with one attached hydrogen (secondary N) is 2. The molecule has 0 heterocycles. The van der Waals surface area contributed by atoms with Crippen LogP contribution in [0.25, 0.3) is 0 Å². The summed E-state index contributed by atoms with van der Waals surface area (Å²) in [7, 11) is 0. The van der Waals surface area contributed by atoms with E-state index in [9.17, 15) is 9.59 Å². The molecule has 0 spiro atoms. The molecule has 0 bridgehead atoms. The molecule has 1 amide bonds. The van der Waals surface area contributed by atoms with Crippen molar-refractivity contribution in [2.75, 3.05) is 18.5 Å². The number of aryl methyl sites for hydroxylation is 2. The number of esters is 1. The van der Waals surface area contributed by atoms with Crippen molar-refractivity contribution < 1.29 is 19.1 Å². The van der Waals surface area contributed by atoms with E-state index in [4.69, 9.17) is 9.47 Å². The van der Waals surface area contributed by atoms with E-state index in [1.54, 1.807) is 30.3 Å². The summed E-state index contributed by atoms with van der Waals surface area (Å²) in [4.78, 5) is 24.5. The van der Waals surface area contributed by atoms with E-state index in [1.807, 2.05) is 57.2 Å². The molecule has 0 atom stereocenters. The standard InChI is InChI=1S/C26H27N3O4/c1-4-32-24-15-20(11-14-23(24)33-26(31)21-12-9-18(2)10-13-21)16-28-29-25(30)17-27-22-8-6-5-7-19(22)3/h5-16,27H,4,17H2,1-3H3,(H,29,30)/b28-16+. The quantitative estimate of drug-likeness (QED) is 0.219. The van der Waals surface area contributed by atoms with Gasteiger partial charge in [-0.05, 0) is 68.3 Å². The number of para-hydroxylation sites is 1. The van der Waals surface area contributed by atoms with Crippen LogP contribution in [0.2, 0.25) is 0 Å². The van der Waals surface area contributed by atoms with Gasteiger partial charge >= 0.3 is 5.97 Å². The van der Waals surface area contributed by atoms with Crippen LogP contribution in [0.1, 0.15) is 34.0 Å². The minimum Gasteiger partial charge on any atom is -0.490 e. The Morgan fingerprint density at radius 1 is 0.970 bits per heavy atom. The van der Waals surface area contributed by atoms with Crippen molar-refractivity contribution in [1.82, 2.24) is 5.43 Å². The molecule has 0 fully saturated rings. The number of hydrogen-bond donors (Lipinski definition) is 2. The molecule has 0 unspecified atom stereocenters. The Labute approximate surface area is 193 Å². The number of carbonyl (C=O) groups excluding carboxylic acids is 2. The smallest absolute Gasteiger partial charge is 0.343 e. The van der Waals surface area contributed by atoms with Gasteiger partial charge in [0.1, 0.15) is 0 Å². The molecule has 3 rings (SSSR count). The molecule has 7 heteroatoms. The molecule has 0 aliphatic rings. The average Bonchev–Trinajstić information content (AvgIpc) is 2.80. The summed E-state index contributed by atoms with van der Waals surface area (Å²) in [5.74, 6) is -0.0190. The first-order valence-electron chi connectivity index (χ1n) is 10.6. The number of benzene rings is 3. The second-order valence-electron chi connectivity index (χ2n) is 7.36. The van der Waals surface area contributed by atoms with Gasteiger partial charge in [-0.15, -0.1) is 0 Å². The predicted octanol–water partition coefficient (Wildman–Crippen LogP) is 4.48. The number of amides is 1. The first kappa shape index (κ1) is 23.5. The minimum absolute atomic E-state index is 0.0975. The lowest BCUT2D eigenvalue weighted by Crippen LogP contribution is -2.26. The van der Waals surface area contributed by atoms with Crippen molar-refractivity contribution in [3.8, 4) is 11.5 Å². The fraction of sp³-hybridized carbons (Fsp3) is 0.192. The van der Waals surface area contributed by atoms with Gasteiger partial charge in [-0.3, -0.25) is 4.79 Å². The first-order chi connectivity index (χ1) is 16.0. The van der Waals surface area contributed by atoms with Gasteiger partial charge in [-0.1, -0.05) is 35.9 Å². The van der Waals surface area contributed by atoms with Crippen molar-refractivity contribution >= 4 is 23.8 Å². The Hall–Kier alpha value is -4.13. The predicted molar refractivity (Wildman–Crippen MR) is 129 cm³/mol. The fourth-order valence-electron chi connectivity index (χ4n) is 2.97. The lowest BCUT2D eigenvalue weighted by molar-refractivity contribution is -0.119. The Balaban J connectivity index is 1.60. The molecule has 0 aromatic heterocycles. The summed E-state index contributed by atoms with van der Waals surface area (Å²) >= 11 is 0. The summed E-state index contributed by atoms with van der Waals surface area (Å²) in [5, 5.41) is 7.07. The fourth-order valence-corrected chi connectivity index (χ4v) is 2.97. The topological polar surface area (TPSA) is 89.0 Å². The van der Waals surface area contributed by atoms with Crippen molar-refractivity contribution in [3.05, 3.63) is 89.0 Å². The second kappa shape index (κ2) is 11.5. The van der Waals surface area contributed by atoms with E-state index < -0.39 is 5.97 Å². The highest BCUT2D eigenvalue weighted by molar-refractivity contribution is 5.91. The summed E-state index contributed by atoms with van der Waals surface area (Å²) in [5.41, 5.74) is 6.63. The van der Waals surface area contributed by atoms with Gasteiger partial charge in [0.2, 0.25) is 0 Å². The largest absolute Gasteiger partial charge is 0.490 e. The zero-order valence-electron chi connectivity index (χ0n) is 18.9. The molecular formula is C26H27N3O4. The summed E-state index contributed by atoms with van der Waals surface area (Å²) in [6, 6.07) is 19.9. The van der Waals surface area contributed by atoms with E-state index in [0.29, 0.717) is 29.2 Å². The van der Waals surface area contributed by atoms with Crippen molar-refractivity contribution in [3.63, 3.8) is 0 Å². The van der Waals surface area contributed by atoms with Crippen LogP contribution in [0.4, 0.5) is 5.69 Å². The molecule has 170 valence electrons. The van der Waals surface area contributed by atoms with Crippen LogP contribution >= 0.6 is 0 Å². The van der Waals surface area contributed by atoms with Gasteiger partial charge in [-0.2, -0.15) is 5.10 Å². The van der Waals surface area contributed by atoms with Crippen LogP contribution in [0, 0.1) is 13.8 Å². The van der Waals surface area contributed by atoms with Crippen LogP contribution < -0.4 is 20.2 Å². The molecule has 0 radical (unpaired) electrons. The average molecular weight is 446 g/mol. The number of anilines is 1. The first-order valence-corrected chi connectivity index (χ1v) is 10.6. The zero-order chi connectivity index (χ0) is 23.6. The Kier molecular flexibility index (Phi) is 8.18. The van der Waals surface area contributed by atoms with Crippen molar-refractivity contribution in [2.24, 2.45) is 5.10 Å². The highest BCUT2D eigenvalue weighted by Crippen LogP contribution is 2.29. The molecule has 3 aromatic rings. The lowest BCUT2D eigenvalue weighted by Gasteiger charge is -2.11. The van der Waals surface area contributed by atoms with Gasteiger partial charge in [0, 0.05) is 5.69 Å². The van der Waals surface area contributed by atoms with E-state index in [2.05, 4.69) is 15.8 Å². The van der Waals surface area contributed by atoms with Crippen LogP contribution in [0.15, 0.2) is 71.8 Å². The van der Waals surface area contributed by atoms with E-state index in [0.717, 1.165) is 16.8 Å². The third-order valence-electron chi connectivity index (χ3n) is 4.74. The normalized spacial score (nSPS) is 10.6. The maximum Gasteiger partial charge on any atom is 0.343 e. The summed E-state index contributed by atoms with van der Waals surface area (Å²) < 4.78 is 11.1. The van der Waals surface area contributed by atoms with Crippen LogP contribution in [-0.2, 0) is 4.79 Å². The van der Waals surface area contributed by atoms with Gasteiger partial charge < -0.3 is 14.8 Å². The number of rotatable bonds is 9. The zero-order valence-corrected chi connectivity index (χ0v) is 18.9. The van der Waals surface area contributed by atoms with Gasteiger partial charge in [0.05, 0.1) is 24.9 Å². The van der Waals surface area contributed by atoms with Crippen LogP contribution in [0.3, 0.4) is 0 Å². The monoisotopic (exact) mass is 445 g/mol. The van der Waals surface area contributed by atoms with E-state index in [1.165, 1.54) is 6.21 Å². The molecule has 33 heavy (non-hydrogen) atoms. The third kappa shape index (κ3) is 6.93. The Morgan fingerprint density at radius 2 is 1.73 bits per heavy atom. The van der Waals surface area contributed by atoms with Gasteiger partial charge in [0.25, 0.3) is 5.91 Å². The highest BCUT2D eigenvalue weighted by atomic mass is 16.6. The lowest BCUT2D eigenvalue weighted by atomic mass is 10.1. The molecule has 0 aliphatic carbocycles. The maximum absolute atomic E-state index is 12.4. The van der Waals surface area contributed by atoms with Crippen LogP contribution in [0.5, 0.6) is 11.5 Å². The van der Waals surface area contributed by atoms with Gasteiger partial charge in [0.15, 0.2) is 11.5 Å². The number of carbonyl (C=O) groups is 2. The van der Waals surface area contributed by atoms with Crippen molar-refractivity contribution in [1.29, 1.82) is 0 Å². The number of hydrogen-bond acceptors (Lipinski definition) is 6. The summed E-state index contributed by atoms with van der Waals surface area (Å²) in [6.45, 7) is 6.26. The molecule has 0 saturated heterocycles. The second-order valence-corrected chi connectivity index (χ2v) is 7.36. The Bertz CT molecular complexity index is 1140. The van der Waals surface area contributed by atoms with Gasteiger partial charge in [-0.25, -0.2) is 10.2 Å². The number of hydrazone groups is 1. The van der Waals surface area contributed by atoms with E-state index >= 15 is 0 Å². The molecular weight excluding hydrogens is 418 g/mol. The molecule has 3 aromatic carbocycles. The minimum atomic E-state index is -0.467. The molecule has 0 aliphatic heterocycles. The Morgan fingerprint density at radius 3 is 2.45 bits per heavy atom. The van der Waals surface area contributed by atoms with E-state index in [-0.39, 0.29) is 12.5 Å². The SMILES string of the molecule is CCOc1cc(/C=N/NC(=O)CNc2ccccc2C)ccc1OC(=O)c1ccc(C)cc1.